The molecule has 2 aromatic carbocycles. The predicted molar refractivity (Wildman–Crippen MR) is 89.8 cm³/mol. The highest BCUT2D eigenvalue weighted by Gasteiger charge is 2.17. The van der Waals surface area contributed by atoms with Gasteiger partial charge in [0.25, 0.3) is 5.91 Å². The van der Waals surface area contributed by atoms with Gasteiger partial charge in [0.05, 0.1) is 17.7 Å². The minimum Gasteiger partial charge on any atom is -0.494 e. The molecule has 0 aliphatic carbocycles. The van der Waals surface area contributed by atoms with Gasteiger partial charge in [-0.05, 0) is 42.8 Å². The zero-order valence-electron chi connectivity index (χ0n) is 11.3. The van der Waals surface area contributed by atoms with Crippen LogP contribution in [0, 0.1) is 6.92 Å². The first-order valence-corrected chi connectivity index (χ1v) is 7.58. The van der Waals surface area contributed by atoms with Crippen LogP contribution in [0.25, 0.3) is 0 Å². The van der Waals surface area contributed by atoms with E-state index in [1.54, 1.807) is 6.07 Å². The number of carbonyl (C=O) groups excluding carboxylic acids is 1. The Hall–Kier alpha value is -1.23. The molecule has 0 unspecified atom stereocenters. The molecular formula is C15H12BrCl2NO2. The second-order valence-corrected chi connectivity index (χ2v) is 6.08. The topological polar surface area (TPSA) is 38.3 Å². The molecule has 0 saturated carbocycles. The second kappa shape index (κ2) is 6.69. The fourth-order valence-electron chi connectivity index (χ4n) is 1.86. The molecule has 0 radical (unpaired) electrons. The van der Waals surface area contributed by atoms with Crippen LogP contribution in [-0.2, 0) is 0 Å². The molecule has 0 aliphatic heterocycles. The number of ether oxygens (including phenoxy) is 1. The normalized spacial score (nSPS) is 10.3. The van der Waals surface area contributed by atoms with Crippen molar-refractivity contribution in [3.63, 3.8) is 0 Å². The third-order valence-corrected chi connectivity index (χ3v) is 4.26. The van der Waals surface area contributed by atoms with E-state index in [1.807, 2.05) is 19.1 Å². The van der Waals surface area contributed by atoms with Gasteiger partial charge in [0.15, 0.2) is 0 Å². The van der Waals surface area contributed by atoms with Crippen LogP contribution >= 0.6 is 39.1 Å². The van der Waals surface area contributed by atoms with Crippen LogP contribution in [0.1, 0.15) is 15.9 Å². The monoisotopic (exact) mass is 387 g/mol. The summed E-state index contributed by atoms with van der Waals surface area (Å²) in [6, 6.07) is 8.58. The van der Waals surface area contributed by atoms with Gasteiger partial charge >= 0.3 is 0 Å². The van der Waals surface area contributed by atoms with Crippen molar-refractivity contribution in [1.82, 2.24) is 0 Å². The SMILES string of the molecule is COc1c(Cl)cc(Cl)cc1C(=O)Nc1ccc(Br)c(C)c1. The van der Waals surface area contributed by atoms with Gasteiger partial charge in [-0.1, -0.05) is 39.1 Å². The van der Waals surface area contributed by atoms with Gasteiger partial charge in [-0.3, -0.25) is 4.79 Å². The zero-order chi connectivity index (χ0) is 15.6. The lowest BCUT2D eigenvalue weighted by Gasteiger charge is -2.12. The first-order chi connectivity index (χ1) is 9.92. The number of halogens is 3. The minimum atomic E-state index is -0.335. The highest BCUT2D eigenvalue weighted by atomic mass is 79.9. The average Bonchev–Trinajstić information content (AvgIpc) is 2.42. The van der Waals surface area contributed by atoms with Gasteiger partial charge in [-0.15, -0.1) is 0 Å². The molecule has 0 atom stereocenters. The number of hydrogen-bond donors (Lipinski definition) is 1. The van der Waals surface area contributed by atoms with Crippen molar-refractivity contribution >= 4 is 50.7 Å². The van der Waals surface area contributed by atoms with Crippen molar-refractivity contribution < 1.29 is 9.53 Å². The molecule has 0 heterocycles. The number of methoxy groups -OCH3 is 1. The van der Waals surface area contributed by atoms with Gasteiger partial charge in [0.1, 0.15) is 5.75 Å². The Kier molecular flexibility index (Phi) is 5.14. The quantitative estimate of drug-likeness (QED) is 0.771. The van der Waals surface area contributed by atoms with Gasteiger partial charge in [0.2, 0.25) is 0 Å². The minimum absolute atomic E-state index is 0.288. The molecule has 21 heavy (non-hydrogen) atoms. The number of rotatable bonds is 3. The average molecular weight is 389 g/mol. The molecular weight excluding hydrogens is 377 g/mol. The second-order valence-electron chi connectivity index (χ2n) is 4.39. The van der Waals surface area contributed by atoms with Crippen LogP contribution in [0.3, 0.4) is 0 Å². The van der Waals surface area contributed by atoms with E-state index in [-0.39, 0.29) is 11.5 Å². The number of hydrogen-bond acceptors (Lipinski definition) is 2. The number of aryl methyl sites for hydroxylation is 1. The number of carbonyl (C=O) groups is 1. The maximum Gasteiger partial charge on any atom is 0.259 e. The van der Waals surface area contributed by atoms with E-state index in [9.17, 15) is 4.79 Å². The smallest absolute Gasteiger partial charge is 0.259 e. The summed E-state index contributed by atoms with van der Waals surface area (Å²) in [5.41, 5.74) is 1.98. The Morgan fingerprint density at radius 3 is 2.57 bits per heavy atom. The van der Waals surface area contributed by atoms with Crippen molar-refractivity contribution in [3.8, 4) is 5.75 Å². The molecule has 0 saturated heterocycles. The van der Waals surface area contributed by atoms with Crippen LogP contribution in [0.15, 0.2) is 34.8 Å². The third-order valence-electron chi connectivity index (χ3n) is 2.87. The van der Waals surface area contributed by atoms with Crippen molar-refractivity contribution in [3.05, 3.63) is 56.0 Å². The lowest BCUT2D eigenvalue weighted by atomic mass is 10.1. The van der Waals surface area contributed by atoms with Crippen LogP contribution in [-0.4, -0.2) is 13.0 Å². The molecule has 0 bridgehead atoms. The molecule has 1 amide bonds. The predicted octanol–water partition coefficient (Wildman–Crippen LogP) is 5.33. The van der Waals surface area contributed by atoms with Crippen LogP contribution in [0.5, 0.6) is 5.75 Å². The van der Waals surface area contributed by atoms with E-state index < -0.39 is 0 Å². The summed E-state index contributed by atoms with van der Waals surface area (Å²) in [6.07, 6.45) is 0. The summed E-state index contributed by atoms with van der Waals surface area (Å²) in [5, 5.41) is 3.47. The van der Waals surface area contributed by atoms with Gasteiger partial charge in [0, 0.05) is 15.2 Å². The highest BCUT2D eigenvalue weighted by molar-refractivity contribution is 9.10. The molecule has 3 nitrogen and oxygen atoms in total. The lowest BCUT2D eigenvalue weighted by molar-refractivity contribution is 0.102. The van der Waals surface area contributed by atoms with Gasteiger partial charge < -0.3 is 10.1 Å². The molecule has 110 valence electrons. The Labute approximate surface area is 141 Å². The van der Waals surface area contributed by atoms with Crippen molar-refractivity contribution in [1.29, 1.82) is 0 Å². The standard InChI is InChI=1S/C15H12BrCl2NO2/c1-8-5-10(3-4-12(8)16)19-15(20)11-6-9(17)7-13(18)14(11)21-2/h3-7H,1-2H3,(H,19,20). The molecule has 0 aromatic heterocycles. The number of amides is 1. The first kappa shape index (κ1) is 16.1. The Morgan fingerprint density at radius 1 is 1.24 bits per heavy atom. The van der Waals surface area contributed by atoms with Crippen LogP contribution in [0.2, 0.25) is 10.0 Å². The van der Waals surface area contributed by atoms with E-state index in [0.717, 1.165) is 10.0 Å². The maximum absolute atomic E-state index is 12.4. The molecule has 0 fully saturated rings. The highest BCUT2D eigenvalue weighted by Crippen LogP contribution is 2.32. The van der Waals surface area contributed by atoms with Crippen LogP contribution in [0.4, 0.5) is 5.69 Å². The number of nitrogens with one attached hydrogen (secondary N) is 1. The first-order valence-electron chi connectivity index (χ1n) is 6.03. The number of benzene rings is 2. The van der Waals surface area contributed by atoms with Crippen molar-refractivity contribution in [2.75, 3.05) is 12.4 Å². The van der Waals surface area contributed by atoms with Crippen molar-refractivity contribution in [2.45, 2.75) is 6.92 Å². The largest absolute Gasteiger partial charge is 0.494 e. The molecule has 6 heteroatoms. The maximum atomic E-state index is 12.4. The molecule has 2 rings (SSSR count). The summed E-state index contributed by atoms with van der Waals surface area (Å²) >= 11 is 15.4. The number of anilines is 1. The van der Waals surface area contributed by atoms with E-state index in [1.165, 1.54) is 19.2 Å². The summed E-state index contributed by atoms with van der Waals surface area (Å²) in [4.78, 5) is 12.4. The summed E-state index contributed by atoms with van der Waals surface area (Å²) in [5.74, 6) is -0.0367. The van der Waals surface area contributed by atoms with E-state index in [4.69, 9.17) is 27.9 Å². The van der Waals surface area contributed by atoms with E-state index in [2.05, 4.69) is 21.2 Å². The lowest BCUT2D eigenvalue weighted by Crippen LogP contribution is -2.13. The Bertz CT molecular complexity index is 704. The molecule has 2 aromatic rings. The molecule has 1 N–H and O–H groups in total. The van der Waals surface area contributed by atoms with Crippen LogP contribution < -0.4 is 10.1 Å². The molecule has 0 aliphatic rings. The summed E-state index contributed by atoms with van der Waals surface area (Å²) in [7, 11) is 1.45. The summed E-state index contributed by atoms with van der Waals surface area (Å²) in [6.45, 7) is 1.94. The Balaban J connectivity index is 2.34. The van der Waals surface area contributed by atoms with Gasteiger partial charge in [-0.25, -0.2) is 0 Å². The summed E-state index contributed by atoms with van der Waals surface area (Å²) < 4.78 is 6.15. The fraction of sp³-hybridized carbons (Fsp3) is 0.133. The van der Waals surface area contributed by atoms with Gasteiger partial charge in [-0.2, -0.15) is 0 Å². The molecule has 0 spiro atoms. The fourth-order valence-corrected chi connectivity index (χ4v) is 2.67. The van der Waals surface area contributed by atoms with E-state index in [0.29, 0.717) is 21.5 Å². The Morgan fingerprint density at radius 2 is 1.95 bits per heavy atom. The van der Waals surface area contributed by atoms with E-state index >= 15 is 0 Å². The third kappa shape index (κ3) is 3.70. The van der Waals surface area contributed by atoms with Crippen molar-refractivity contribution in [2.24, 2.45) is 0 Å². The zero-order valence-corrected chi connectivity index (χ0v) is 14.4.